The first-order valence-electron chi connectivity index (χ1n) is 13.4. The van der Waals surface area contributed by atoms with E-state index in [2.05, 4.69) is 4.74 Å². The van der Waals surface area contributed by atoms with Crippen molar-refractivity contribution in [1.82, 2.24) is 0 Å². The van der Waals surface area contributed by atoms with Gasteiger partial charge in [0.2, 0.25) is 0 Å². The number of fused-ring (bicyclic) bond motifs is 6. The van der Waals surface area contributed by atoms with Gasteiger partial charge in [0.15, 0.2) is 11.9 Å². The topological polar surface area (TPSA) is 130 Å². The Morgan fingerprint density at radius 1 is 1.21 bits per heavy atom. The van der Waals surface area contributed by atoms with Crippen molar-refractivity contribution in [2.75, 3.05) is 7.11 Å². The number of aliphatic hydroxyl groups is 2. The van der Waals surface area contributed by atoms with Gasteiger partial charge in [0.1, 0.15) is 36.6 Å². The van der Waals surface area contributed by atoms with Crippen LogP contribution in [0.2, 0.25) is 0 Å². The smallest absolute Gasteiger partial charge is 0.335 e. The molecule has 0 spiro atoms. The highest BCUT2D eigenvalue weighted by atomic mass is 35.5. The summed E-state index contributed by atoms with van der Waals surface area (Å²) in [4.78, 5) is 24.9. The van der Waals surface area contributed by atoms with E-state index in [1.165, 1.54) is 13.2 Å². The Kier molecular flexibility index (Phi) is 9.58. The van der Waals surface area contributed by atoms with E-state index in [4.69, 9.17) is 35.3 Å². The van der Waals surface area contributed by atoms with Crippen molar-refractivity contribution in [3.8, 4) is 0 Å². The van der Waals surface area contributed by atoms with Crippen LogP contribution in [-0.2, 0) is 38.0 Å². The van der Waals surface area contributed by atoms with Crippen molar-refractivity contribution in [3.63, 3.8) is 0 Å². The number of methoxy groups -OCH3 is 1. The maximum absolute atomic E-state index is 13.3. The molecule has 4 aliphatic heterocycles. The lowest BCUT2D eigenvalue weighted by Crippen LogP contribution is -2.40. The molecule has 10 nitrogen and oxygen atoms in total. The first kappa shape index (κ1) is 30.2. The summed E-state index contributed by atoms with van der Waals surface area (Å²) in [5, 5.41) is 22.0. The molecule has 0 unspecified atom stereocenters. The maximum atomic E-state index is 13.3. The number of hydrogen-bond acceptors (Lipinski definition) is 10. The number of rotatable bonds is 5. The van der Waals surface area contributed by atoms with Crippen LogP contribution >= 0.6 is 11.6 Å². The molecule has 4 heterocycles. The van der Waals surface area contributed by atoms with Gasteiger partial charge in [-0.15, -0.1) is 0 Å². The molecule has 218 valence electrons. The predicted molar refractivity (Wildman–Crippen MR) is 139 cm³/mol. The number of halogens is 1. The summed E-state index contributed by atoms with van der Waals surface area (Å²) >= 11 is 6.42. The molecule has 2 N–H and O–H groups in total. The highest BCUT2D eigenvalue weighted by molar-refractivity contribution is 6.30. The minimum Gasteiger partial charge on any atom is -0.469 e. The Labute approximate surface area is 233 Å². The van der Waals surface area contributed by atoms with Crippen LogP contribution in [0.15, 0.2) is 35.4 Å². The third kappa shape index (κ3) is 7.11. The Balaban J connectivity index is 1.57. The van der Waals surface area contributed by atoms with Crippen molar-refractivity contribution in [2.45, 2.75) is 108 Å². The third-order valence-corrected chi connectivity index (χ3v) is 7.87. The van der Waals surface area contributed by atoms with Crippen LogP contribution in [0, 0.1) is 11.8 Å². The molecule has 0 radical (unpaired) electrons. The highest BCUT2D eigenvalue weighted by Gasteiger charge is 2.51. The number of carbonyl (C=O) groups is 2. The number of allylic oxidation sites excluding steroid dienone is 3. The van der Waals surface area contributed by atoms with Gasteiger partial charge < -0.3 is 38.6 Å². The molecule has 0 aromatic heterocycles. The van der Waals surface area contributed by atoms with Crippen LogP contribution in [0.1, 0.15) is 47.0 Å². The van der Waals surface area contributed by atoms with Crippen molar-refractivity contribution in [1.29, 1.82) is 0 Å². The Bertz CT molecular complexity index is 993. The van der Waals surface area contributed by atoms with Crippen molar-refractivity contribution < 1.29 is 48.2 Å². The SMILES string of the molecule is COC(=O)C[C@@H](C)/C=C/[C@@H](O)[C@@H]1O[C@@H]2C[C@@H]1OC(=O)[C@@H]1O[C@H](C[C@H]1C)[C@@H]1OC(C)(C)O[C@@H]1C=C/C=C(\Cl)[C@H]2O. The fourth-order valence-electron chi connectivity index (χ4n) is 5.52. The molecule has 4 rings (SSSR count). The zero-order chi connectivity index (χ0) is 28.5. The van der Waals surface area contributed by atoms with Gasteiger partial charge in [-0.2, -0.15) is 0 Å². The van der Waals surface area contributed by atoms with Crippen molar-refractivity contribution >= 4 is 23.5 Å². The molecule has 0 saturated carbocycles. The minimum atomic E-state index is -1.22. The second-order valence-electron chi connectivity index (χ2n) is 11.2. The van der Waals surface area contributed by atoms with E-state index in [1.54, 1.807) is 24.3 Å². The quantitative estimate of drug-likeness (QED) is 0.375. The van der Waals surface area contributed by atoms with Gasteiger partial charge in [-0.1, -0.05) is 49.8 Å². The minimum absolute atomic E-state index is 0.115. The van der Waals surface area contributed by atoms with Gasteiger partial charge in [0.25, 0.3) is 0 Å². The van der Waals surface area contributed by atoms with E-state index < -0.39 is 66.7 Å². The van der Waals surface area contributed by atoms with E-state index in [-0.39, 0.29) is 35.7 Å². The van der Waals surface area contributed by atoms with Gasteiger partial charge in [0.05, 0.1) is 25.7 Å². The van der Waals surface area contributed by atoms with Crippen LogP contribution in [-0.4, -0.2) is 90.0 Å². The summed E-state index contributed by atoms with van der Waals surface area (Å²) in [6.07, 6.45) is 1.82. The number of carbonyl (C=O) groups excluding carboxylic acids is 2. The number of ether oxygens (including phenoxy) is 6. The van der Waals surface area contributed by atoms with Crippen LogP contribution in [0.5, 0.6) is 0 Å². The molecule has 4 aliphatic rings. The summed E-state index contributed by atoms with van der Waals surface area (Å²) in [7, 11) is 1.31. The summed E-state index contributed by atoms with van der Waals surface area (Å²) in [5.74, 6) is -2.14. The lowest BCUT2D eigenvalue weighted by Gasteiger charge is -2.25. The van der Waals surface area contributed by atoms with Gasteiger partial charge in [-0.3, -0.25) is 4.79 Å². The fraction of sp³-hybridized carbons (Fsp3) is 0.714. The highest BCUT2D eigenvalue weighted by Crippen LogP contribution is 2.39. The summed E-state index contributed by atoms with van der Waals surface area (Å²) in [6.45, 7) is 7.35. The molecule has 3 fully saturated rings. The maximum Gasteiger partial charge on any atom is 0.335 e. The van der Waals surface area contributed by atoms with Crippen LogP contribution < -0.4 is 0 Å². The monoisotopic (exact) mass is 570 g/mol. The second-order valence-corrected chi connectivity index (χ2v) is 11.7. The molecular weight excluding hydrogens is 532 g/mol. The molecule has 39 heavy (non-hydrogen) atoms. The standard InChI is InChI=1S/C28H39ClO10/c1-14(11-22(31)34-5)9-10-17(30)25-21-13-19(35-25)23(32)16(29)7-6-8-18-26(39-28(3,4)38-18)20-12-15(2)24(36-20)27(33)37-21/h6-10,14-15,17-21,23-26,30,32H,11-13H2,1-5H3/b8-6?,10-9+,16-7-/t14-,15+,17+,18+,19+,20+,21-,23+,24+,25-,26+/m0/s1. The van der Waals surface area contributed by atoms with Gasteiger partial charge in [-0.25, -0.2) is 4.79 Å². The van der Waals surface area contributed by atoms with E-state index in [0.717, 1.165) is 0 Å². The summed E-state index contributed by atoms with van der Waals surface area (Å²) in [5.41, 5.74) is 0. The predicted octanol–water partition coefficient (Wildman–Crippen LogP) is 2.54. The average Bonchev–Trinajstić information content (AvgIpc) is 3.55. The lowest BCUT2D eigenvalue weighted by atomic mass is 9.97. The number of esters is 2. The van der Waals surface area contributed by atoms with Crippen LogP contribution in [0.25, 0.3) is 0 Å². The molecule has 4 bridgehead atoms. The normalized spacial score (nSPS) is 41.2. The summed E-state index contributed by atoms with van der Waals surface area (Å²) in [6, 6.07) is 0. The largest absolute Gasteiger partial charge is 0.469 e. The van der Waals surface area contributed by atoms with E-state index in [1.807, 2.05) is 27.7 Å². The van der Waals surface area contributed by atoms with Crippen molar-refractivity contribution in [2.24, 2.45) is 11.8 Å². The fourth-order valence-corrected chi connectivity index (χ4v) is 5.74. The average molecular weight is 571 g/mol. The first-order chi connectivity index (χ1) is 18.4. The van der Waals surface area contributed by atoms with Gasteiger partial charge >= 0.3 is 11.9 Å². The molecule has 0 aromatic rings. The van der Waals surface area contributed by atoms with Crippen LogP contribution in [0.4, 0.5) is 0 Å². The van der Waals surface area contributed by atoms with Gasteiger partial charge in [-0.05, 0) is 38.2 Å². The Morgan fingerprint density at radius 3 is 2.67 bits per heavy atom. The molecule has 0 aromatic carbocycles. The Hall–Kier alpha value is -1.79. The molecule has 0 amide bonds. The third-order valence-electron chi connectivity index (χ3n) is 7.52. The molecular formula is C28H39ClO10. The zero-order valence-electron chi connectivity index (χ0n) is 22.9. The molecule has 0 aliphatic carbocycles. The van der Waals surface area contributed by atoms with Gasteiger partial charge in [0, 0.05) is 11.5 Å². The molecule has 3 saturated heterocycles. The van der Waals surface area contributed by atoms with E-state index >= 15 is 0 Å². The van der Waals surface area contributed by atoms with E-state index in [0.29, 0.717) is 6.42 Å². The Morgan fingerprint density at radius 2 is 1.95 bits per heavy atom. The zero-order valence-corrected chi connectivity index (χ0v) is 23.7. The first-order valence-corrected chi connectivity index (χ1v) is 13.8. The number of hydrogen-bond donors (Lipinski definition) is 2. The van der Waals surface area contributed by atoms with E-state index in [9.17, 15) is 19.8 Å². The molecule has 11 heteroatoms. The second kappa shape index (κ2) is 12.4. The summed E-state index contributed by atoms with van der Waals surface area (Å²) < 4.78 is 34.9. The lowest BCUT2D eigenvalue weighted by molar-refractivity contribution is -0.175. The number of aliphatic hydroxyl groups excluding tert-OH is 2. The van der Waals surface area contributed by atoms with Crippen molar-refractivity contribution in [3.05, 3.63) is 35.4 Å². The van der Waals surface area contributed by atoms with Crippen LogP contribution in [0.3, 0.4) is 0 Å². The molecule has 11 atom stereocenters.